The van der Waals surface area contributed by atoms with E-state index in [9.17, 15) is 0 Å². The molecule has 5 heteroatoms. The summed E-state index contributed by atoms with van der Waals surface area (Å²) in [5.41, 5.74) is 6.83. The topological polar surface area (TPSA) is 59.6 Å². The highest BCUT2D eigenvalue weighted by Gasteiger charge is 2.21. The van der Waals surface area contributed by atoms with Gasteiger partial charge in [0, 0.05) is 16.0 Å². The number of guanidine groups is 1. The number of rotatable bonds is 5. The third kappa shape index (κ3) is 4.23. The molecule has 2 aromatic rings. The molecule has 0 bridgehead atoms. The van der Waals surface area contributed by atoms with Gasteiger partial charge in [-0.3, -0.25) is 4.99 Å². The first-order valence-corrected chi connectivity index (χ1v) is 7.64. The minimum Gasteiger partial charge on any atom is -0.497 e. The van der Waals surface area contributed by atoms with Crippen LogP contribution in [0.3, 0.4) is 0 Å². The second-order valence-corrected chi connectivity index (χ2v) is 6.36. The molecule has 0 spiro atoms. The highest BCUT2D eigenvalue weighted by atomic mass is 32.1. The van der Waals surface area contributed by atoms with Gasteiger partial charge in [-0.25, -0.2) is 0 Å². The van der Waals surface area contributed by atoms with Crippen molar-refractivity contribution in [2.45, 2.75) is 19.3 Å². The van der Waals surface area contributed by atoms with Gasteiger partial charge in [-0.2, -0.15) is 0 Å². The first-order chi connectivity index (χ1) is 10.0. The average Bonchev–Trinajstić information content (AvgIpc) is 3.01. The summed E-state index contributed by atoms with van der Waals surface area (Å²) in [5.74, 6) is 1.24. The molecule has 0 fully saturated rings. The average molecular weight is 303 g/mol. The van der Waals surface area contributed by atoms with Gasteiger partial charge in [0.2, 0.25) is 0 Å². The van der Waals surface area contributed by atoms with E-state index in [-0.39, 0.29) is 5.41 Å². The van der Waals surface area contributed by atoms with E-state index in [4.69, 9.17) is 10.5 Å². The minimum atomic E-state index is -0.0135. The van der Waals surface area contributed by atoms with Crippen LogP contribution in [0.5, 0.6) is 5.75 Å². The second-order valence-electron chi connectivity index (χ2n) is 5.42. The van der Waals surface area contributed by atoms with E-state index in [1.807, 2.05) is 24.3 Å². The highest BCUT2D eigenvalue weighted by Crippen LogP contribution is 2.27. The molecule has 0 saturated heterocycles. The molecule has 0 aliphatic carbocycles. The van der Waals surface area contributed by atoms with Gasteiger partial charge in [0.1, 0.15) is 5.75 Å². The number of nitrogens with one attached hydrogen (secondary N) is 1. The molecule has 0 amide bonds. The summed E-state index contributed by atoms with van der Waals surface area (Å²) in [7, 11) is 1.64. The Labute approximate surface area is 129 Å². The number of hydrogen-bond acceptors (Lipinski definition) is 3. The van der Waals surface area contributed by atoms with Crippen molar-refractivity contribution in [3.8, 4) is 5.75 Å². The van der Waals surface area contributed by atoms with E-state index < -0.39 is 0 Å². The van der Waals surface area contributed by atoms with Crippen molar-refractivity contribution in [1.29, 1.82) is 0 Å². The number of nitrogens with two attached hydrogens (primary N) is 1. The molecule has 0 aliphatic heterocycles. The zero-order valence-electron chi connectivity index (χ0n) is 12.6. The van der Waals surface area contributed by atoms with Crippen LogP contribution in [0.2, 0.25) is 0 Å². The lowest BCUT2D eigenvalue weighted by Gasteiger charge is -2.21. The molecule has 4 nitrogen and oxygen atoms in total. The predicted molar refractivity (Wildman–Crippen MR) is 90.5 cm³/mol. The maximum absolute atomic E-state index is 5.95. The van der Waals surface area contributed by atoms with Crippen LogP contribution in [0.1, 0.15) is 18.7 Å². The lowest BCUT2D eigenvalue weighted by Crippen LogP contribution is -2.27. The summed E-state index contributed by atoms with van der Waals surface area (Å²) in [6.07, 6.45) is 0. The minimum absolute atomic E-state index is 0.0135. The fourth-order valence-corrected chi connectivity index (χ4v) is 2.73. The third-order valence-electron chi connectivity index (χ3n) is 3.20. The summed E-state index contributed by atoms with van der Waals surface area (Å²) in [6.45, 7) is 4.98. The van der Waals surface area contributed by atoms with E-state index in [2.05, 4.69) is 41.7 Å². The number of anilines is 1. The number of aliphatic imine (C=N–C) groups is 1. The van der Waals surface area contributed by atoms with Crippen molar-refractivity contribution >= 4 is 23.0 Å². The molecule has 1 aromatic heterocycles. The van der Waals surface area contributed by atoms with Crippen molar-refractivity contribution in [1.82, 2.24) is 0 Å². The number of ether oxygens (including phenoxy) is 1. The van der Waals surface area contributed by atoms with Crippen molar-refractivity contribution in [3.05, 3.63) is 46.7 Å². The number of methoxy groups -OCH3 is 1. The zero-order valence-corrected chi connectivity index (χ0v) is 13.4. The normalized spacial score (nSPS) is 12.2. The smallest absolute Gasteiger partial charge is 0.193 e. The Morgan fingerprint density at radius 2 is 2.00 bits per heavy atom. The van der Waals surface area contributed by atoms with Gasteiger partial charge in [0.15, 0.2) is 5.96 Å². The summed E-state index contributed by atoms with van der Waals surface area (Å²) in [6, 6.07) is 11.8. The number of thiophene rings is 1. The molecule has 0 radical (unpaired) electrons. The molecule has 2 rings (SSSR count). The first kappa shape index (κ1) is 15.4. The molecular formula is C16H21N3OS. The largest absolute Gasteiger partial charge is 0.497 e. The molecule has 1 heterocycles. The number of hydrogen-bond donors (Lipinski definition) is 2. The second kappa shape index (κ2) is 6.63. The third-order valence-corrected chi connectivity index (χ3v) is 4.43. The Morgan fingerprint density at radius 1 is 1.29 bits per heavy atom. The Bertz CT molecular complexity index is 588. The summed E-state index contributed by atoms with van der Waals surface area (Å²) in [5, 5.41) is 5.17. The number of benzene rings is 1. The van der Waals surface area contributed by atoms with Crippen LogP contribution in [0.25, 0.3) is 0 Å². The zero-order chi connectivity index (χ0) is 15.3. The van der Waals surface area contributed by atoms with Gasteiger partial charge in [0.05, 0.1) is 13.7 Å². The lowest BCUT2D eigenvalue weighted by atomic mass is 9.92. The van der Waals surface area contributed by atoms with Crippen molar-refractivity contribution < 1.29 is 4.74 Å². The van der Waals surface area contributed by atoms with E-state index in [1.165, 1.54) is 4.88 Å². The SMILES string of the molecule is COc1ccc(NC(N)=NCC(C)(C)c2cccs2)cc1. The van der Waals surface area contributed by atoms with Crippen LogP contribution in [-0.2, 0) is 5.41 Å². The van der Waals surface area contributed by atoms with Crippen molar-refractivity contribution in [2.75, 3.05) is 19.0 Å². The predicted octanol–water partition coefficient (Wildman–Crippen LogP) is 3.46. The van der Waals surface area contributed by atoms with Gasteiger partial charge >= 0.3 is 0 Å². The highest BCUT2D eigenvalue weighted by molar-refractivity contribution is 7.10. The standard InChI is InChI=1S/C16H21N3OS/c1-16(2,14-5-4-10-21-14)11-18-15(17)19-12-6-8-13(20-3)9-7-12/h4-10H,11H2,1-3H3,(H3,17,18,19). The first-order valence-electron chi connectivity index (χ1n) is 6.76. The summed E-state index contributed by atoms with van der Waals surface area (Å²) < 4.78 is 5.12. The van der Waals surface area contributed by atoms with Crippen LogP contribution in [0.4, 0.5) is 5.69 Å². The summed E-state index contributed by atoms with van der Waals surface area (Å²) >= 11 is 1.75. The van der Waals surface area contributed by atoms with Gasteiger partial charge in [-0.05, 0) is 35.7 Å². The van der Waals surface area contributed by atoms with E-state index >= 15 is 0 Å². The Morgan fingerprint density at radius 3 is 2.57 bits per heavy atom. The van der Waals surface area contributed by atoms with Crippen LogP contribution in [0.15, 0.2) is 46.8 Å². The van der Waals surface area contributed by atoms with Crippen LogP contribution in [0, 0.1) is 0 Å². The Balaban J connectivity index is 1.97. The molecule has 0 atom stereocenters. The fraction of sp³-hybridized carbons (Fsp3) is 0.312. The van der Waals surface area contributed by atoms with Crippen LogP contribution >= 0.6 is 11.3 Å². The van der Waals surface area contributed by atoms with E-state index in [0.29, 0.717) is 12.5 Å². The maximum atomic E-state index is 5.95. The van der Waals surface area contributed by atoms with Crippen molar-refractivity contribution in [2.24, 2.45) is 10.7 Å². The Kier molecular flexibility index (Phi) is 4.85. The monoisotopic (exact) mass is 303 g/mol. The molecule has 0 aliphatic rings. The molecule has 112 valence electrons. The molecule has 3 N–H and O–H groups in total. The van der Waals surface area contributed by atoms with E-state index in [0.717, 1.165) is 11.4 Å². The number of nitrogens with zero attached hydrogens (tertiary/aromatic N) is 1. The van der Waals surface area contributed by atoms with Gasteiger partial charge in [-0.15, -0.1) is 11.3 Å². The van der Waals surface area contributed by atoms with Crippen LogP contribution < -0.4 is 15.8 Å². The van der Waals surface area contributed by atoms with Gasteiger partial charge in [-0.1, -0.05) is 19.9 Å². The molecular weight excluding hydrogens is 282 g/mol. The summed E-state index contributed by atoms with van der Waals surface area (Å²) in [4.78, 5) is 5.76. The van der Waals surface area contributed by atoms with Gasteiger partial charge in [0.25, 0.3) is 0 Å². The quantitative estimate of drug-likeness (QED) is 0.657. The maximum Gasteiger partial charge on any atom is 0.193 e. The van der Waals surface area contributed by atoms with Crippen molar-refractivity contribution in [3.63, 3.8) is 0 Å². The van der Waals surface area contributed by atoms with Crippen LogP contribution in [-0.4, -0.2) is 19.6 Å². The molecule has 1 aromatic carbocycles. The lowest BCUT2D eigenvalue weighted by molar-refractivity contribution is 0.415. The molecule has 0 unspecified atom stereocenters. The van der Waals surface area contributed by atoms with Gasteiger partial charge < -0.3 is 15.8 Å². The molecule has 0 saturated carbocycles. The fourth-order valence-electron chi connectivity index (χ4n) is 1.89. The molecule has 21 heavy (non-hydrogen) atoms. The van der Waals surface area contributed by atoms with E-state index in [1.54, 1.807) is 18.4 Å². The Hall–Kier alpha value is -2.01.